The van der Waals surface area contributed by atoms with Crippen LogP contribution in [-0.4, -0.2) is 37.8 Å². The Bertz CT molecular complexity index is 441. The van der Waals surface area contributed by atoms with E-state index in [2.05, 4.69) is 16.3 Å². The molecule has 0 saturated carbocycles. The smallest absolute Gasteiger partial charge is 0.114 e. The van der Waals surface area contributed by atoms with E-state index in [-0.39, 0.29) is 6.04 Å². The molecule has 96 valence electrons. The minimum Gasteiger partial charge on any atom is -0.312 e. The third-order valence-electron chi connectivity index (χ3n) is 3.42. The van der Waals surface area contributed by atoms with Crippen LogP contribution in [-0.2, 0) is 0 Å². The first-order valence-electron chi connectivity index (χ1n) is 6.26. The van der Waals surface area contributed by atoms with Crippen molar-refractivity contribution in [3.05, 3.63) is 35.4 Å². The molecule has 4 heteroatoms. The van der Waals surface area contributed by atoms with Crippen molar-refractivity contribution >= 4 is 0 Å². The molecule has 1 N–H and O–H groups in total. The van der Waals surface area contributed by atoms with Gasteiger partial charge in [-0.15, -0.1) is 0 Å². The highest BCUT2D eigenvalue weighted by atomic mass is 19.1. The molecule has 1 heterocycles. The molecule has 2 atom stereocenters. The van der Waals surface area contributed by atoms with Crippen molar-refractivity contribution in [3.8, 4) is 6.07 Å². The van der Waals surface area contributed by atoms with Crippen molar-refractivity contribution in [1.82, 2.24) is 10.2 Å². The van der Waals surface area contributed by atoms with E-state index in [1.165, 1.54) is 0 Å². The summed E-state index contributed by atoms with van der Waals surface area (Å²) in [5.41, 5.74) is 1.75. The van der Waals surface area contributed by atoms with Gasteiger partial charge in [-0.3, -0.25) is 4.90 Å². The van der Waals surface area contributed by atoms with Crippen LogP contribution >= 0.6 is 0 Å². The highest BCUT2D eigenvalue weighted by Crippen LogP contribution is 2.19. The largest absolute Gasteiger partial charge is 0.312 e. The Kier molecular flexibility index (Phi) is 4.29. The van der Waals surface area contributed by atoms with Crippen molar-refractivity contribution in [2.45, 2.75) is 18.6 Å². The van der Waals surface area contributed by atoms with Gasteiger partial charge in [0.05, 0.1) is 11.6 Å². The van der Waals surface area contributed by atoms with Crippen molar-refractivity contribution < 1.29 is 4.39 Å². The van der Waals surface area contributed by atoms with E-state index < -0.39 is 6.17 Å². The molecular formula is C14H18FN3. The van der Waals surface area contributed by atoms with Gasteiger partial charge in [-0.1, -0.05) is 12.1 Å². The van der Waals surface area contributed by atoms with Crippen LogP contribution in [0.1, 0.15) is 23.6 Å². The van der Waals surface area contributed by atoms with Gasteiger partial charge in [0.1, 0.15) is 6.17 Å². The number of hydrogen-bond donors (Lipinski definition) is 1. The van der Waals surface area contributed by atoms with Gasteiger partial charge in [0.2, 0.25) is 0 Å². The normalized spacial score (nSPS) is 21.7. The fraction of sp³-hybridized carbons (Fsp3) is 0.500. The van der Waals surface area contributed by atoms with Gasteiger partial charge in [-0.2, -0.15) is 5.26 Å². The zero-order chi connectivity index (χ0) is 13.0. The van der Waals surface area contributed by atoms with Gasteiger partial charge in [-0.05, 0) is 31.2 Å². The molecule has 0 bridgehead atoms. The highest BCUT2D eigenvalue weighted by Gasteiger charge is 2.24. The molecule has 0 radical (unpaired) electrons. The lowest BCUT2D eigenvalue weighted by Crippen LogP contribution is -2.32. The monoisotopic (exact) mass is 247 g/mol. The van der Waals surface area contributed by atoms with Gasteiger partial charge in [0.15, 0.2) is 0 Å². The maximum Gasteiger partial charge on any atom is 0.114 e. The maximum absolute atomic E-state index is 13.1. The Labute approximate surface area is 107 Å². The fourth-order valence-electron chi connectivity index (χ4n) is 2.40. The molecule has 1 aromatic carbocycles. The zero-order valence-electron chi connectivity index (χ0n) is 10.6. The Hall–Kier alpha value is -1.44. The summed E-state index contributed by atoms with van der Waals surface area (Å²) in [6.07, 6.45) is -0.0535. The van der Waals surface area contributed by atoms with E-state index in [1.54, 1.807) is 6.07 Å². The van der Waals surface area contributed by atoms with Crippen molar-refractivity contribution in [2.75, 3.05) is 26.7 Å². The van der Waals surface area contributed by atoms with Gasteiger partial charge in [0.25, 0.3) is 0 Å². The number of likely N-dealkylation sites (N-methyl/N-ethyl adjacent to an activating group) is 1. The second kappa shape index (κ2) is 5.94. The van der Waals surface area contributed by atoms with E-state index in [0.717, 1.165) is 18.7 Å². The van der Waals surface area contributed by atoms with Crippen molar-refractivity contribution in [2.24, 2.45) is 0 Å². The molecule has 1 aromatic rings. The standard InChI is InChI=1S/C14H18FN3/c1-17-14(10-18-6-5-13(15)9-18)12-4-2-3-11(7-12)8-16/h2-4,7,13-14,17H,5-6,9-10H2,1H3/t13-,14-/m1/s1. The molecule has 1 saturated heterocycles. The lowest BCUT2D eigenvalue weighted by molar-refractivity contribution is 0.265. The SMILES string of the molecule is CN[C@H](CN1CC[C@@H](F)C1)c1cccc(C#N)c1. The molecule has 0 spiro atoms. The number of nitriles is 1. The Morgan fingerprint density at radius 2 is 2.44 bits per heavy atom. The lowest BCUT2D eigenvalue weighted by atomic mass is 10.0. The van der Waals surface area contributed by atoms with Crippen LogP contribution in [0.4, 0.5) is 4.39 Å². The molecule has 1 aliphatic rings. The number of likely N-dealkylation sites (tertiary alicyclic amines) is 1. The molecule has 18 heavy (non-hydrogen) atoms. The van der Waals surface area contributed by atoms with Crippen molar-refractivity contribution in [3.63, 3.8) is 0 Å². The lowest BCUT2D eigenvalue weighted by Gasteiger charge is -2.23. The topological polar surface area (TPSA) is 39.1 Å². The molecule has 1 aliphatic heterocycles. The molecule has 0 aromatic heterocycles. The van der Waals surface area contributed by atoms with Gasteiger partial charge < -0.3 is 5.32 Å². The maximum atomic E-state index is 13.1. The van der Waals surface area contributed by atoms with Crippen LogP contribution in [0.3, 0.4) is 0 Å². The van der Waals surface area contributed by atoms with Crippen LogP contribution in [0.25, 0.3) is 0 Å². The number of benzene rings is 1. The predicted molar refractivity (Wildman–Crippen MR) is 68.9 cm³/mol. The molecule has 0 aliphatic carbocycles. The van der Waals surface area contributed by atoms with E-state index in [9.17, 15) is 4.39 Å². The summed E-state index contributed by atoms with van der Waals surface area (Å²) in [6.45, 7) is 2.12. The summed E-state index contributed by atoms with van der Waals surface area (Å²) < 4.78 is 13.1. The van der Waals surface area contributed by atoms with Crippen molar-refractivity contribution in [1.29, 1.82) is 5.26 Å². The molecule has 3 nitrogen and oxygen atoms in total. The third kappa shape index (κ3) is 3.06. The second-order valence-corrected chi connectivity index (χ2v) is 4.72. The summed E-state index contributed by atoms with van der Waals surface area (Å²) in [4.78, 5) is 2.13. The molecule has 0 unspecified atom stereocenters. The summed E-state index contributed by atoms with van der Waals surface area (Å²) in [5, 5.41) is 12.1. The van der Waals surface area contributed by atoms with Crippen LogP contribution < -0.4 is 5.32 Å². The third-order valence-corrected chi connectivity index (χ3v) is 3.42. The highest BCUT2D eigenvalue weighted by molar-refractivity contribution is 5.34. The Balaban J connectivity index is 2.06. The van der Waals surface area contributed by atoms with E-state index in [0.29, 0.717) is 18.5 Å². The first-order chi connectivity index (χ1) is 8.72. The van der Waals surface area contributed by atoms with Crippen LogP contribution in [0.15, 0.2) is 24.3 Å². The van der Waals surface area contributed by atoms with Crippen LogP contribution in [0.5, 0.6) is 0 Å². The Morgan fingerprint density at radius 3 is 3.06 bits per heavy atom. The van der Waals surface area contributed by atoms with E-state index in [4.69, 9.17) is 5.26 Å². The predicted octanol–water partition coefficient (Wildman–Crippen LogP) is 1.86. The minimum atomic E-state index is -0.687. The number of nitrogens with one attached hydrogen (secondary N) is 1. The number of alkyl halides is 1. The molecular weight excluding hydrogens is 229 g/mol. The van der Waals surface area contributed by atoms with Crippen LogP contribution in [0.2, 0.25) is 0 Å². The average Bonchev–Trinajstić information content (AvgIpc) is 2.81. The Morgan fingerprint density at radius 1 is 1.61 bits per heavy atom. The van der Waals surface area contributed by atoms with E-state index in [1.807, 2.05) is 25.2 Å². The summed E-state index contributed by atoms with van der Waals surface area (Å²) >= 11 is 0. The number of nitrogens with zero attached hydrogens (tertiary/aromatic N) is 2. The molecule has 2 rings (SSSR count). The molecule has 1 fully saturated rings. The number of halogens is 1. The van der Waals surface area contributed by atoms with Crippen LogP contribution in [0, 0.1) is 11.3 Å². The summed E-state index contributed by atoms with van der Waals surface area (Å²) in [6, 6.07) is 9.87. The number of hydrogen-bond acceptors (Lipinski definition) is 3. The van der Waals surface area contributed by atoms with E-state index >= 15 is 0 Å². The zero-order valence-corrected chi connectivity index (χ0v) is 10.6. The van der Waals surface area contributed by atoms with Gasteiger partial charge >= 0.3 is 0 Å². The minimum absolute atomic E-state index is 0.142. The quantitative estimate of drug-likeness (QED) is 0.882. The first-order valence-corrected chi connectivity index (χ1v) is 6.26. The molecule has 0 amide bonds. The first kappa shape index (κ1) is 13.0. The average molecular weight is 247 g/mol. The second-order valence-electron chi connectivity index (χ2n) is 4.72. The number of rotatable bonds is 4. The summed E-state index contributed by atoms with van der Waals surface area (Å²) in [7, 11) is 1.90. The van der Waals surface area contributed by atoms with Gasteiger partial charge in [0, 0.05) is 25.7 Å². The fourth-order valence-corrected chi connectivity index (χ4v) is 2.40. The summed E-state index contributed by atoms with van der Waals surface area (Å²) in [5.74, 6) is 0. The van der Waals surface area contributed by atoms with Gasteiger partial charge in [-0.25, -0.2) is 4.39 Å².